The van der Waals surface area contributed by atoms with Gasteiger partial charge in [0, 0.05) is 10.9 Å². The normalized spacial score (nSPS) is 10.1. The third-order valence-corrected chi connectivity index (χ3v) is 2.25. The number of benzene rings is 1. The summed E-state index contributed by atoms with van der Waals surface area (Å²) in [6, 6.07) is 9.06. The largest absolute Gasteiger partial charge is 0.293 e. The van der Waals surface area contributed by atoms with Crippen molar-refractivity contribution in [3.05, 3.63) is 41.5 Å². The summed E-state index contributed by atoms with van der Waals surface area (Å²) in [7, 11) is 0. The molecular formula is C12H10BrNO. The molecule has 0 N–H and O–H groups in total. The summed E-state index contributed by atoms with van der Waals surface area (Å²) in [4.78, 5) is 11.3. The molecule has 0 unspecified atom stereocenters. The van der Waals surface area contributed by atoms with Gasteiger partial charge in [-0.2, -0.15) is 5.26 Å². The van der Waals surface area contributed by atoms with Gasteiger partial charge < -0.3 is 0 Å². The average Bonchev–Trinajstić information content (AvgIpc) is 2.27. The van der Waals surface area contributed by atoms with Gasteiger partial charge in [-0.25, -0.2) is 0 Å². The number of hydrogen-bond donors (Lipinski definition) is 0. The quantitative estimate of drug-likeness (QED) is 0.619. The molecule has 0 atom stereocenters. The molecule has 0 bridgehead atoms. The average molecular weight is 264 g/mol. The molecule has 15 heavy (non-hydrogen) atoms. The van der Waals surface area contributed by atoms with Crippen molar-refractivity contribution in [1.82, 2.24) is 0 Å². The van der Waals surface area contributed by atoms with Crippen LogP contribution in [0.5, 0.6) is 0 Å². The summed E-state index contributed by atoms with van der Waals surface area (Å²) in [5, 5.41) is 9.19. The molecule has 0 aliphatic carbocycles. The Balaban J connectivity index is 2.77. The van der Waals surface area contributed by atoms with Crippen LogP contribution < -0.4 is 0 Å². The van der Waals surface area contributed by atoms with E-state index in [-0.39, 0.29) is 12.2 Å². The fraction of sp³-hybridized carbons (Fsp3) is 0.167. The first-order valence-electron chi connectivity index (χ1n) is 4.50. The molecule has 1 rings (SSSR count). The molecule has 0 radical (unpaired) electrons. The Morgan fingerprint density at radius 3 is 2.60 bits per heavy atom. The number of nitrogens with zero attached hydrogens (tertiary/aromatic N) is 1. The zero-order chi connectivity index (χ0) is 11.1. The zero-order valence-electron chi connectivity index (χ0n) is 8.11. The highest BCUT2D eigenvalue weighted by molar-refractivity contribution is 9.09. The van der Waals surface area contributed by atoms with E-state index < -0.39 is 0 Å². The molecule has 0 spiro atoms. The number of rotatable bonds is 4. The lowest BCUT2D eigenvalue weighted by Gasteiger charge is -1.97. The number of halogens is 1. The molecule has 0 heterocycles. The van der Waals surface area contributed by atoms with Crippen molar-refractivity contribution in [1.29, 1.82) is 5.26 Å². The van der Waals surface area contributed by atoms with Crippen LogP contribution in [-0.2, 0) is 0 Å². The van der Waals surface area contributed by atoms with Crippen LogP contribution in [0.4, 0.5) is 0 Å². The summed E-state index contributed by atoms with van der Waals surface area (Å²) in [5.41, 5.74) is 1.63. The van der Waals surface area contributed by atoms with E-state index in [1.165, 1.54) is 0 Å². The third-order valence-electron chi connectivity index (χ3n) is 1.87. The van der Waals surface area contributed by atoms with Gasteiger partial charge in [-0.1, -0.05) is 52.3 Å². The van der Waals surface area contributed by atoms with Crippen LogP contribution in [0.3, 0.4) is 0 Å². The Morgan fingerprint density at radius 1 is 1.40 bits per heavy atom. The van der Waals surface area contributed by atoms with E-state index in [1.54, 1.807) is 12.1 Å². The van der Waals surface area contributed by atoms with Crippen molar-refractivity contribution >= 4 is 27.8 Å². The lowest BCUT2D eigenvalue weighted by Crippen LogP contribution is -1.96. The first kappa shape index (κ1) is 11.7. The highest BCUT2D eigenvalue weighted by Gasteiger charge is 2.03. The summed E-state index contributed by atoms with van der Waals surface area (Å²) >= 11 is 3.29. The van der Waals surface area contributed by atoms with Crippen molar-refractivity contribution < 1.29 is 4.79 Å². The Morgan fingerprint density at radius 2 is 2.07 bits per heavy atom. The summed E-state index contributed by atoms with van der Waals surface area (Å²) < 4.78 is 0. The second-order valence-corrected chi connectivity index (χ2v) is 3.58. The van der Waals surface area contributed by atoms with E-state index in [2.05, 4.69) is 15.9 Å². The number of ketones is 1. The van der Waals surface area contributed by atoms with Crippen LogP contribution >= 0.6 is 15.9 Å². The third kappa shape index (κ3) is 3.69. The molecule has 0 aromatic heterocycles. The number of nitriles is 1. The van der Waals surface area contributed by atoms with Crippen LogP contribution in [0.25, 0.3) is 6.08 Å². The lowest BCUT2D eigenvalue weighted by molar-refractivity contribution is 0.0998. The minimum Gasteiger partial charge on any atom is -0.293 e. The number of Topliss-reactive ketones (excluding diaryl/α,β-unsaturated/α-hetero) is 1. The summed E-state index contributed by atoms with van der Waals surface area (Å²) in [5.74, 6) is -0.131. The standard InChI is InChI=1S/C12H10BrNO/c13-8-1-2-10-3-5-11(6-4-10)12(15)7-9-14/h1-6H,7-8H2. The fourth-order valence-electron chi connectivity index (χ4n) is 1.13. The van der Waals surface area contributed by atoms with Crippen LogP contribution in [0.2, 0.25) is 0 Å². The van der Waals surface area contributed by atoms with Gasteiger partial charge in [0.15, 0.2) is 5.78 Å². The first-order valence-corrected chi connectivity index (χ1v) is 5.63. The molecule has 3 heteroatoms. The lowest BCUT2D eigenvalue weighted by atomic mass is 10.1. The van der Waals surface area contributed by atoms with Crippen LogP contribution in [-0.4, -0.2) is 11.1 Å². The monoisotopic (exact) mass is 263 g/mol. The molecule has 0 fully saturated rings. The van der Waals surface area contributed by atoms with Gasteiger partial charge in [0.2, 0.25) is 0 Å². The molecule has 76 valence electrons. The number of allylic oxidation sites excluding steroid dienone is 1. The Labute approximate surface area is 97.4 Å². The predicted molar refractivity (Wildman–Crippen MR) is 63.8 cm³/mol. The maximum atomic E-state index is 11.3. The maximum Gasteiger partial charge on any atom is 0.176 e. The molecule has 1 aromatic carbocycles. The highest BCUT2D eigenvalue weighted by Crippen LogP contribution is 2.08. The van der Waals surface area contributed by atoms with E-state index in [0.29, 0.717) is 5.56 Å². The number of carbonyl (C=O) groups is 1. The van der Waals surface area contributed by atoms with Gasteiger partial charge in [-0.3, -0.25) is 4.79 Å². The number of carbonyl (C=O) groups excluding carboxylic acids is 1. The minimum absolute atomic E-state index is 0.0589. The van der Waals surface area contributed by atoms with E-state index >= 15 is 0 Å². The maximum absolute atomic E-state index is 11.3. The van der Waals surface area contributed by atoms with E-state index in [1.807, 2.05) is 30.4 Å². The Hall–Kier alpha value is -1.40. The highest BCUT2D eigenvalue weighted by atomic mass is 79.9. The SMILES string of the molecule is N#CCC(=O)c1ccc(C=CCBr)cc1. The topological polar surface area (TPSA) is 40.9 Å². The predicted octanol–water partition coefficient (Wildman–Crippen LogP) is 3.19. The second kappa shape index (κ2) is 6.15. The van der Waals surface area contributed by atoms with Crippen molar-refractivity contribution in [2.45, 2.75) is 6.42 Å². The van der Waals surface area contributed by atoms with Crippen molar-refractivity contribution in [3.63, 3.8) is 0 Å². The van der Waals surface area contributed by atoms with E-state index in [9.17, 15) is 4.79 Å². The van der Waals surface area contributed by atoms with Crippen molar-refractivity contribution in [2.75, 3.05) is 5.33 Å². The van der Waals surface area contributed by atoms with Gasteiger partial charge in [-0.15, -0.1) is 0 Å². The summed E-state index contributed by atoms with van der Waals surface area (Å²) in [6.45, 7) is 0. The molecule has 0 aliphatic rings. The fourth-order valence-corrected chi connectivity index (χ4v) is 1.32. The molecule has 0 saturated carbocycles. The van der Waals surface area contributed by atoms with Gasteiger partial charge in [0.25, 0.3) is 0 Å². The molecule has 0 saturated heterocycles. The van der Waals surface area contributed by atoms with Crippen LogP contribution in [0.15, 0.2) is 30.3 Å². The summed E-state index contributed by atoms with van der Waals surface area (Å²) in [6.07, 6.45) is 3.88. The Kier molecular flexibility index (Phi) is 4.79. The number of alkyl halides is 1. The first-order chi connectivity index (χ1) is 7.27. The van der Waals surface area contributed by atoms with Gasteiger partial charge >= 0.3 is 0 Å². The second-order valence-electron chi connectivity index (χ2n) is 2.94. The van der Waals surface area contributed by atoms with Crippen LogP contribution in [0.1, 0.15) is 22.3 Å². The molecule has 2 nitrogen and oxygen atoms in total. The smallest absolute Gasteiger partial charge is 0.176 e. The Bertz CT molecular complexity index is 401. The zero-order valence-corrected chi connectivity index (χ0v) is 9.70. The van der Waals surface area contributed by atoms with Gasteiger partial charge in [-0.05, 0) is 5.56 Å². The van der Waals surface area contributed by atoms with E-state index in [4.69, 9.17) is 5.26 Å². The van der Waals surface area contributed by atoms with E-state index in [0.717, 1.165) is 10.9 Å². The van der Waals surface area contributed by atoms with Crippen LogP contribution in [0, 0.1) is 11.3 Å². The molecule has 0 amide bonds. The number of hydrogen-bond acceptors (Lipinski definition) is 2. The molecular weight excluding hydrogens is 254 g/mol. The van der Waals surface area contributed by atoms with Crippen molar-refractivity contribution in [3.8, 4) is 6.07 Å². The molecule has 0 aliphatic heterocycles. The minimum atomic E-state index is -0.131. The van der Waals surface area contributed by atoms with Gasteiger partial charge in [0.1, 0.15) is 0 Å². The van der Waals surface area contributed by atoms with Crippen molar-refractivity contribution in [2.24, 2.45) is 0 Å². The molecule has 1 aromatic rings. The van der Waals surface area contributed by atoms with Gasteiger partial charge in [0.05, 0.1) is 12.5 Å².